The second-order valence-electron chi connectivity index (χ2n) is 5.27. The van der Waals surface area contributed by atoms with Crippen LogP contribution in [-0.4, -0.2) is 18.9 Å². The van der Waals surface area contributed by atoms with E-state index in [0.29, 0.717) is 22.3 Å². The first-order valence-corrected chi connectivity index (χ1v) is 6.31. The third kappa shape index (κ3) is 3.63. The molecular formula is C15H20BNO2. The van der Waals surface area contributed by atoms with Gasteiger partial charge < -0.3 is 10.4 Å². The van der Waals surface area contributed by atoms with Gasteiger partial charge in [-0.1, -0.05) is 24.9 Å². The molecule has 0 aliphatic rings. The summed E-state index contributed by atoms with van der Waals surface area (Å²) in [5.41, 5.74) is 3.30. The van der Waals surface area contributed by atoms with Gasteiger partial charge in [0.2, 0.25) is 5.91 Å². The Morgan fingerprint density at radius 2 is 2.00 bits per heavy atom. The molecule has 2 radical (unpaired) electrons. The lowest BCUT2D eigenvalue weighted by molar-refractivity contribution is -0.111. The quantitative estimate of drug-likeness (QED) is 0.645. The molecule has 19 heavy (non-hydrogen) atoms. The van der Waals surface area contributed by atoms with Gasteiger partial charge >= 0.3 is 0 Å². The van der Waals surface area contributed by atoms with Gasteiger partial charge in [0, 0.05) is 17.3 Å². The molecule has 0 atom stereocenters. The molecule has 0 aromatic heterocycles. The van der Waals surface area contributed by atoms with Crippen molar-refractivity contribution in [2.45, 2.75) is 40.5 Å². The summed E-state index contributed by atoms with van der Waals surface area (Å²) in [6, 6.07) is 1.70. The Kier molecular flexibility index (Phi) is 4.81. The standard InChI is InChI=1S/C15H20BNO2/c1-8(2)6-13(18)17-12-7-11(16)10(5)15(19)14(12)9(3)4/h6-7,9,19H,1-5H3,(H,17,18). The molecule has 0 spiro atoms. The summed E-state index contributed by atoms with van der Waals surface area (Å²) < 4.78 is 0. The Morgan fingerprint density at radius 1 is 1.42 bits per heavy atom. The number of phenolic OH excluding ortho intramolecular Hbond substituents is 1. The molecular weight excluding hydrogens is 237 g/mol. The fourth-order valence-corrected chi connectivity index (χ4v) is 1.93. The highest BCUT2D eigenvalue weighted by molar-refractivity contribution is 6.34. The summed E-state index contributed by atoms with van der Waals surface area (Å²) in [7, 11) is 5.84. The van der Waals surface area contributed by atoms with E-state index in [2.05, 4.69) is 5.32 Å². The minimum absolute atomic E-state index is 0.0845. The second-order valence-corrected chi connectivity index (χ2v) is 5.27. The molecule has 0 saturated heterocycles. The van der Waals surface area contributed by atoms with Gasteiger partial charge in [0.05, 0.1) is 0 Å². The minimum atomic E-state index is -0.218. The van der Waals surface area contributed by atoms with Crippen LogP contribution in [0.15, 0.2) is 17.7 Å². The van der Waals surface area contributed by atoms with Gasteiger partial charge in [-0.2, -0.15) is 0 Å². The third-order valence-electron chi connectivity index (χ3n) is 2.89. The number of amides is 1. The molecule has 1 amide bonds. The van der Waals surface area contributed by atoms with E-state index >= 15 is 0 Å². The summed E-state index contributed by atoms with van der Waals surface area (Å²) in [5, 5.41) is 13.0. The number of anilines is 1. The van der Waals surface area contributed by atoms with Crippen LogP contribution in [0, 0.1) is 6.92 Å². The van der Waals surface area contributed by atoms with E-state index in [-0.39, 0.29) is 17.6 Å². The average molecular weight is 257 g/mol. The van der Waals surface area contributed by atoms with Crippen LogP contribution >= 0.6 is 0 Å². The largest absolute Gasteiger partial charge is 0.507 e. The van der Waals surface area contributed by atoms with E-state index in [1.54, 1.807) is 13.0 Å². The maximum Gasteiger partial charge on any atom is 0.248 e. The van der Waals surface area contributed by atoms with Crippen molar-refractivity contribution in [2.24, 2.45) is 0 Å². The Morgan fingerprint density at radius 3 is 2.47 bits per heavy atom. The highest BCUT2D eigenvalue weighted by Crippen LogP contribution is 2.34. The molecule has 4 heteroatoms. The van der Waals surface area contributed by atoms with Crippen molar-refractivity contribution in [3.63, 3.8) is 0 Å². The Bertz CT molecular complexity index is 529. The van der Waals surface area contributed by atoms with E-state index in [1.165, 1.54) is 6.08 Å². The number of carbonyl (C=O) groups is 1. The first kappa shape index (κ1) is 15.4. The predicted octanol–water partition coefficient (Wildman–Crippen LogP) is 2.52. The number of phenols is 1. The number of hydrogen-bond donors (Lipinski definition) is 2. The molecule has 0 unspecified atom stereocenters. The SMILES string of the molecule is [B]c1cc(NC(=O)C=C(C)C)c(C(C)C)c(O)c1C. The molecule has 2 N–H and O–H groups in total. The van der Waals surface area contributed by atoms with Crippen LogP contribution in [0.4, 0.5) is 5.69 Å². The summed E-state index contributed by atoms with van der Waals surface area (Å²) in [6.07, 6.45) is 1.51. The molecule has 3 nitrogen and oxygen atoms in total. The fourth-order valence-electron chi connectivity index (χ4n) is 1.93. The smallest absolute Gasteiger partial charge is 0.248 e. The van der Waals surface area contributed by atoms with E-state index in [9.17, 15) is 9.90 Å². The van der Waals surface area contributed by atoms with Crippen LogP contribution in [0.25, 0.3) is 0 Å². The van der Waals surface area contributed by atoms with Crippen LogP contribution in [0.5, 0.6) is 5.75 Å². The lowest BCUT2D eigenvalue weighted by Gasteiger charge is -2.18. The summed E-state index contributed by atoms with van der Waals surface area (Å²) in [4.78, 5) is 11.8. The summed E-state index contributed by atoms with van der Waals surface area (Å²) in [6.45, 7) is 9.38. The van der Waals surface area contributed by atoms with Crippen LogP contribution in [-0.2, 0) is 4.79 Å². The van der Waals surface area contributed by atoms with Crippen molar-refractivity contribution < 1.29 is 9.90 Å². The van der Waals surface area contributed by atoms with Crippen LogP contribution < -0.4 is 10.8 Å². The highest BCUT2D eigenvalue weighted by Gasteiger charge is 2.16. The number of benzene rings is 1. The second kappa shape index (κ2) is 5.96. The zero-order valence-corrected chi connectivity index (χ0v) is 12.2. The van der Waals surface area contributed by atoms with E-state index in [4.69, 9.17) is 7.85 Å². The van der Waals surface area contributed by atoms with Crippen molar-refractivity contribution in [1.82, 2.24) is 0 Å². The van der Waals surface area contributed by atoms with Crippen molar-refractivity contribution in [3.05, 3.63) is 28.8 Å². The van der Waals surface area contributed by atoms with Gasteiger partial charge in [0.1, 0.15) is 13.6 Å². The Balaban J connectivity index is 3.27. The summed E-state index contributed by atoms with van der Waals surface area (Å²) in [5.74, 6) is 0.0216. The molecule has 0 bridgehead atoms. The first-order chi connectivity index (χ1) is 8.73. The first-order valence-electron chi connectivity index (χ1n) is 6.31. The zero-order valence-electron chi connectivity index (χ0n) is 12.2. The molecule has 1 aromatic rings. The molecule has 0 heterocycles. The van der Waals surface area contributed by atoms with Crippen LogP contribution in [0.1, 0.15) is 44.7 Å². The van der Waals surface area contributed by atoms with Gasteiger partial charge in [-0.25, -0.2) is 0 Å². The lowest BCUT2D eigenvalue weighted by Crippen LogP contribution is -2.16. The van der Waals surface area contributed by atoms with Crippen LogP contribution in [0.3, 0.4) is 0 Å². The van der Waals surface area contributed by atoms with Gasteiger partial charge in [-0.15, -0.1) is 0 Å². The molecule has 1 aromatic carbocycles. The predicted molar refractivity (Wildman–Crippen MR) is 80.4 cm³/mol. The van der Waals surface area contributed by atoms with Crippen molar-refractivity contribution in [3.8, 4) is 5.75 Å². The zero-order chi connectivity index (χ0) is 14.7. The Labute approximate surface area is 116 Å². The van der Waals surface area contributed by atoms with Gasteiger partial charge in [-0.05, 0) is 38.3 Å². The topological polar surface area (TPSA) is 49.3 Å². The van der Waals surface area contributed by atoms with Crippen molar-refractivity contribution in [1.29, 1.82) is 0 Å². The molecule has 0 aliphatic carbocycles. The molecule has 0 aliphatic heterocycles. The number of nitrogens with one attached hydrogen (secondary N) is 1. The fraction of sp³-hybridized carbons (Fsp3) is 0.400. The van der Waals surface area contributed by atoms with Crippen molar-refractivity contribution >= 4 is 24.9 Å². The number of aromatic hydroxyl groups is 1. The minimum Gasteiger partial charge on any atom is -0.507 e. The maximum absolute atomic E-state index is 11.8. The van der Waals surface area contributed by atoms with Crippen molar-refractivity contribution in [2.75, 3.05) is 5.32 Å². The third-order valence-corrected chi connectivity index (χ3v) is 2.89. The lowest BCUT2D eigenvalue weighted by atomic mass is 9.85. The molecule has 0 saturated carbocycles. The van der Waals surface area contributed by atoms with Gasteiger partial charge in [0.25, 0.3) is 0 Å². The van der Waals surface area contributed by atoms with Gasteiger partial charge in [-0.3, -0.25) is 4.79 Å². The number of hydrogen-bond acceptors (Lipinski definition) is 2. The molecule has 0 fully saturated rings. The van der Waals surface area contributed by atoms with Crippen LogP contribution in [0.2, 0.25) is 0 Å². The van der Waals surface area contributed by atoms with E-state index < -0.39 is 0 Å². The number of rotatable bonds is 3. The molecule has 100 valence electrons. The normalized spacial score (nSPS) is 10.4. The number of allylic oxidation sites excluding steroid dienone is 1. The summed E-state index contributed by atoms with van der Waals surface area (Å²) >= 11 is 0. The maximum atomic E-state index is 11.8. The highest BCUT2D eigenvalue weighted by atomic mass is 16.3. The molecule has 1 rings (SSSR count). The number of carbonyl (C=O) groups excluding carboxylic acids is 1. The Hall–Kier alpha value is -1.71. The van der Waals surface area contributed by atoms with Gasteiger partial charge in [0.15, 0.2) is 0 Å². The van der Waals surface area contributed by atoms with E-state index in [0.717, 1.165) is 5.57 Å². The average Bonchev–Trinajstić information content (AvgIpc) is 2.24. The van der Waals surface area contributed by atoms with E-state index in [1.807, 2.05) is 27.7 Å². The monoisotopic (exact) mass is 257 g/mol.